The number of halogens is 1. The fraction of sp³-hybridized carbons (Fsp3) is 0.435. The quantitative estimate of drug-likeness (QED) is 0.294. The summed E-state index contributed by atoms with van der Waals surface area (Å²) in [5.41, 5.74) is 3.60. The van der Waals surface area contributed by atoms with Gasteiger partial charge in [0.1, 0.15) is 0 Å². The Hall–Kier alpha value is -2.00. The number of aliphatic imine (C=N–C) groups is 1. The van der Waals surface area contributed by atoms with Crippen molar-refractivity contribution in [1.82, 2.24) is 15.5 Å². The smallest absolute Gasteiger partial charge is 0.191 e. The number of methoxy groups -OCH3 is 2. The summed E-state index contributed by atoms with van der Waals surface area (Å²) in [6.45, 7) is 6.32. The van der Waals surface area contributed by atoms with Crippen LogP contribution >= 0.6 is 24.0 Å². The third-order valence-corrected chi connectivity index (χ3v) is 4.76. The molecule has 0 spiro atoms. The van der Waals surface area contributed by atoms with Gasteiger partial charge in [0, 0.05) is 13.1 Å². The second-order valence-electron chi connectivity index (χ2n) is 7.16. The van der Waals surface area contributed by atoms with Crippen LogP contribution in [0.2, 0.25) is 0 Å². The molecule has 0 aliphatic heterocycles. The van der Waals surface area contributed by atoms with Crippen molar-refractivity contribution in [1.29, 1.82) is 0 Å². The summed E-state index contributed by atoms with van der Waals surface area (Å²) in [5, 5.41) is 6.80. The topological polar surface area (TPSA) is 58.1 Å². The lowest BCUT2D eigenvalue weighted by atomic mass is 10.1. The van der Waals surface area contributed by atoms with Crippen LogP contribution in [0.5, 0.6) is 11.5 Å². The number of hydrogen-bond acceptors (Lipinski definition) is 4. The van der Waals surface area contributed by atoms with E-state index in [1.165, 1.54) is 11.1 Å². The van der Waals surface area contributed by atoms with Crippen molar-refractivity contribution in [3.05, 3.63) is 59.2 Å². The van der Waals surface area contributed by atoms with Crippen LogP contribution in [0.1, 0.15) is 29.7 Å². The maximum atomic E-state index is 5.47. The number of hydrogen-bond donors (Lipinski definition) is 2. The summed E-state index contributed by atoms with van der Waals surface area (Å²) in [7, 11) is 7.44. The van der Waals surface area contributed by atoms with Gasteiger partial charge in [0.15, 0.2) is 17.5 Å². The predicted octanol–water partition coefficient (Wildman–Crippen LogP) is 3.99. The fourth-order valence-corrected chi connectivity index (χ4v) is 3.06. The number of benzene rings is 2. The third kappa shape index (κ3) is 7.68. The summed E-state index contributed by atoms with van der Waals surface area (Å²) in [5.74, 6) is 2.27. The van der Waals surface area contributed by atoms with E-state index in [1.807, 2.05) is 12.1 Å². The van der Waals surface area contributed by atoms with E-state index in [9.17, 15) is 0 Å². The van der Waals surface area contributed by atoms with E-state index >= 15 is 0 Å². The molecule has 30 heavy (non-hydrogen) atoms. The molecule has 0 fully saturated rings. The molecule has 0 bridgehead atoms. The zero-order valence-electron chi connectivity index (χ0n) is 18.9. The second kappa shape index (κ2) is 13.3. The monoisotopic (exact) mass is 526 g/mol. The number of nitrogens with zero attached hydrogens (tertiary/aromatic N) is 2. The Morgan fingerprint density at radius 1 is 1.00 bits per heavy atom. The molecule has 2 rings (SSSR count). The number of nitrogens with one attached hydrogen (secondary N) is 2. The van der Waals surface area contributed by atoms with Crippen molar-refractivity contribution in [2.24, 2.45) is 4.99 Å². The van der Waals surface area contributed by atoms with Crippen molar-refractivity contribution in [3.8, 4) is 11.5 Å². The first-order chi connectivity index (χ1) is 14.0. The lowest BCUT2D eigenvalue weighted by Gasteiger charge is -2.26. The largest absolute Gasteiger partial charge is 0.493 e. The van der Waals surface area contributed by atoms with E-state index in [4.69, 9.17) is 14.5 Å². The first-order valence-electron chi connectivity index (χ1n) is 9.94. The summed E-state index contributed by atoms with van der Waals surface area (Å²) < 4.78 is 10.8. The normalized spacial score (nSPS) is 12.2. The van der Waals surface area contributed by atoms with Gasteiger partial charge in [-0.3, -0.25) is 0 Å². The molecular formula is C23H35IN4O2. The van der Waals surface area contributed by atoms with Gasteiger partial charge in [0.25, 0.3) is 0 Å². The molecule has 0 aliphatic carbocycles. The van der Waals surface area contributed by atoms with Crippen LogP contribution in [0.15, 0.2) is 47.5 Å². The third-order valence-electron chi connectivity index (χ3n) is 4.76. The molecule has 166 valence electrons. The minimum atomic E-state index is 0. The van der Waals surface area contributed by atoms with Gasteiger partial charge in [-0.1, -0.05) is 35.9 Å². The number of aryl methyl sites for hydroxylation is 1. The van der Waals surface area contributed by atoms with E-state index in [1.54, 1.807) is 14.2 Å². The molecule has 1 atom stereocenters. The van der Waals surface area contributed by atoms with Crippen molar-refractivity contribution in [3.63, 3.8) is 0 Å². The van der Waals surface area contributed by atoms with Gasteiger partial charge in [0.05, 0.1) is 26.8 Å². The first-order valence-corrected chi connectivity index (χ1v) is 9.94. The minimum Gasteiger partial charge on any atom is -0.493 e. The number of ether oxygens (including phenoxy) is 2. The average molecular weight is 526 g/mol. The molecule has 2 aromatic rings. The van der Waals surface area contributed by atoms with Gasteiger partial charge in [-0.05, 0) is 51.2 Å². The lowest BCUT2D eigenvalue weighted by molar-refractivity contribution is 0.295. The number of likely N-dealkylation sites (N-methyl/N-ethyl adjacent to an activating group) is 1. The zero-order valence-corrected chi connectivity index (χ0v) is 21.2. The van der Waals surface area contributed by atoms with Crippen molar-refractivity contribution < 1.29 is 9.47 Å². The van der Waals surface area contributed by atoms with E-state index in [0.29, 0.717) is 13.1 Å². The molecule has 6 nitrogen and oxygen atoms in total. The molecule has 0 radical (unpaired) electrons. The molecule has 0 heterocycles. The van der Waals surface area contributed by atoms with Crippen LogP contribution in [-0.4, -0.2) is 52.3 Å². The highest BCUT2D eigenvalue weighted by Crippen LogP contribution is 2.31. The Kier molecular flexibility index (Phi) is 11.6. The van der Waals surface area contributed by atoms with Gasteiger partial charge in [-0.15, -0.1) is 24.0 Å². The van der Waals surface area contributed by atoms with Crippen LogP contribution in [0.3, 0.4) is 0 Å². The molecule has 2 N–H and O–H groups in total. The molecule has 0 saturated carbocycles. The fourth-order valence-electron chi connectivity index (χ4n) is 3.06. The maximum absolute atomic E-state index is 5.47. The van der Waals surface area contributed by atoms with Gasteiger partial charge in [-0.2, -0.15) is 0 Å². The Bertz CT molecular complexity index is 794. The Labute approximate surface area is 198 Å². The lowest BCUT2D eigenvalue weighted by Crippen LogP contribution is -2.41. The average Bonchev–Trinajstić information content (AvgIpc) is 2.72. The SMILES string of the molecule is CCNC(=NCc1ccc(C)cc1)NCC(c1ccc(OC)c(OC)c1)N(C)C.I. The first kappa shape index (κ1) is 26.0. The Morgan fingerprint density at radius 3 is 2.23 bits per heavy atom. The maximum Gasteiger partial charge on any atom is 0.191 e. The molecule has 7 heteroatoms. The van der Waals surface area contributed by atoms with Crippen molar-refractivity contribution in [2.45, 2.75) is 26.4 Å². The van der Waals surface area contributed by atoms with Crippen LogP contribution in [-0.2, 0) is 6.54 Å². The van der Waals surface area contributed by atoms with Gasteiger partial charge in [-0.25, -0.2) is 4.99 Å². The molecule has 1 unspecified atom stereocenters. The van der Waals surface area contributed by atoms with Crippen molar-refractivity contribution in [2.75, 3.05) is 41.4 Å². The minimum absolute atomic E-state index is 0. The predicted molar refractivity (Wildman–Crippen MR) is 135 cm³/mol. The second-order valence-corrected chi connectivity index (χ2v) is 7.16. The van der Waals surface area contributed by atoms with Crippen LogP contribution in [0.25, 0.3) is 0 Å². The summed E-state index contributed by atoms with van der Waals surface area (Å²) in [6.07, 6.45) is 0. The van der Waals surface area contributed by atoms with Crippen LogP contribution in [0, 0.1) is 6.92 Å². The summed E-state index contributed by atoms with van der Waals surface area (Å²) >= 11 is 0. The van der Waals surface area contributed by atoms with Gasteiger partial charge in [0.2, 0.25) is 0 Å². The molecular weight excluding hydrogens is 491 g/mol. The van der Waals surface area contributed by atoms with Gasteiger partial charge >= 0.3 is 0 Å². The van der Waals surface area contributed by atoms with Gasteiger partial charge < -0.3 is 25.0 Å². The van der Waals surface area contributed by atoms with E-state index in [-0.39, 0.29) is 30.0 Å². The standard InChI is InChI=1S/C23H34N4O2.HI/c1-7-24-23(25-15-18-10-8-17(2)9-11-18)26-16-20(27(3)4)19-12-13-21(28-5)22(14-19)29-6;/h8-14,20H,7,15-16H2,1-6H3,(H2,24,25,26);1H. The Morgan fingerprint density at radius 2 is 1.67 bits per heavy atom. The highest BCUT2D eigenvalue weighted by molar-refractivity contribution is 14.0. The number of guanidine groups is 1. The Balaban J connectivity index is 0.00000450. The highest BCUT2D eigenvalue weighted by atomic mass is 127. The molecule has 0 saturated heterocycles. The molecule has 0 amide bonds. The molecule has 0 aliphatic rings. The van der Waals surface area contributed by atoms with E-state index in [0.717, 1.165) is 29.6 Å². The van der Waals surface area contributed by atoms with E-state index < -0.39 is 0 Å². The van der Waals surface area contributed by atoms with Crippen molar-refractivity contribution >= 4 is 29.9 Å². The molecule has 0 aromatic heterocycles. The van der Waals surface area contributed by atoms with Crippen LogP contribution in [0.4, 0.5) is 0 Å². The summed E-state index contributed by atoms with van der Waals surface area (Å²) in [4.78, 5) is 6.91. The van der Waals surface area contributed by atoms with E-state index in [2.05, 4.69) is 73.8 Å². The summed E-state index contributed by atoms with van der Waals surface area (Å²) in [6, 6.07) is 14.7. The number of rotatable bonds is 9. The zero-order chi connectivity index (χ0) is 21.2. The molecule has 2 aromatic carbocycles. The highest BCUT2D eigenvalue weighted by Gasteiger charge is 2.17. The van der Waals surface area contributed by atoms with Crippen LogP contribution < -0.4 is 20.1 Å².